The van der Waals surface area contributed by atoms with Crippen molar-refractivity contribution in [3.05, 3.63) is 77.2 Å². The van der Waals surface area contributed by atoms with Crippen LogP contribution in [0.3, 0.4) is 0 Å². The molecule has 0 aliphatic rings. The Kier molecular flexibility index (Phi) is 7.12. The van der Waals surface area contributed by atoms with Gasteiger partial charge in [-0.25, -0.2) is 9.97 Å². The topological polar surface area (TPSA) is 73.1 Å². The number of pyridine rings is 2. The number of amides is 1. The van der Waals surface area contributed by atoms with Gasteiger partial charge in [0.05, 0.1) is 17.0 Å². The van der Waals surface area contributed by atoms with Gasteiger partial charge in [0, 0.05) is 60.9 Å². The minimum absolute atomic E-state index is 0.0356. The number of imidazole rings is 1. The van der Waals surface area contributed by atoms with Crippen LogP contribution in [-0.4, -0.2) is 37.4 Å². The number of aryl methyl sites for hydroxylation is 1. The van der Waals surface area contributed by atoms with Crippen molar-refractivity contribution in [3.8, 4) is 11.4 Å². The zero-order valence-corrected chi connectivity index (χ0v) is 20.6. The summed E-state index contributed by atoms with van der Waals surface area (Å²) in [6.07, 6.45) is 9.56. The molecule has 1 atom stereocenters. The molecule has 4 aromatic rings. The normalized spacial score (nSPS) is 12.0. The monoisotopic (exact) mass is 477 g/mol. The standard InChI is InChI=1S/C26H28ClN5O2/c1-5-17(2)26(33)31(4)14-19-12-29-13-22(27)21(19)15-34-24-8-6-7-20-23(32-10-9-28-16-32)11-18(3)30-25(20)24/h6-13,16-17H,5,14-15H2,1-4H3. The van der Waals surface area contributed by atoms with Crippen molar-refractivity contribution in [2.24, 2.45) is 5.92 Å². The number of hydrogen-bond donors (Lipinski definition) is 0. The molecule has 3 heterocycles. The van der Waals surface area contributed by atoms with Gasteiger partial charge in [-0.1, -0.05) is 37.6 Å². The molecule has 8 heteroatoms. The molecule has 0 spiro atoms. The van der Waals surface area contributed by atoms with Gasteiger partial charge in [0.25, 0.3) is 0 Å². The van der Waals surface area contributed by atoms with E-state index in [1.54, 1.807) is 36.9 Å². The fraction of sp³-hybridized carbons (Fsp3) is 0.308. The Morgan fingerprint density at radius 1 is 1.26 bits per heavy atom. The zero-order valence-electron chi connectivity index (χ0n) is 19.8. The van der Waals surface area contributed by atoms with Gasteiger partial charge in [0.2, 0.25) is 5.91 Å². The van der Waals surface area contributed by atoms with Crippen LogP contribution in [0.1, 0.15) is 37.1 Å². The molecule has 7 nitrogen and oxygen atoms in total. The van der Waals surface area contributed by atoms with E-state index in [-0.39, 0.29) is 18.4 Å². The number of hydrogen-bond acceptors (Lipinski definition) is 5. The molecule has 0 radical (unpaired) electrons. The van der Waals surface area contributed by atoms with Crippen LogP contribution in [0.25, 0.3) is 16.6 Å². The fourth-order valence-corrected chi connectivity index (χ4v) is 4.13. The zero-order chi connectivity index (χ0) is 24.2. The predicted molar refractivity (Wildman–Crippen MR) is 133 cm³/mol. The van der Waals surface area contributed by atoms with E-state index < -0.39 is 0 Å². The highest BCUT2D eigenvalue weighted by atomic mass is 35.5. The minimum atomic E-state index is -0.0356. The maximum Gasteiger partial charge on any atom is 0.225 e. The summed E-state index contributed by atoms with van der Waals surface area (Å²) in [5.74, 6) is 0.715. The molecule has 1 amide bonds. The molecule has 1 aromatic carbocycles. The van der Waals surface area contributed by atoms with Gasteiger partial charge in [0.15, 0.2) is 0 Å². The highest BCUT2D eigenvalue weighted by molar-refractivity contribution is 6.31. The average molecular weight is 478 g/mol. The van der Waals surface area contributed by atoms with Crippen molar-refractivity contribution in [1.82, 2.24) is 24.4 Å². The molecule has 4 rings (SSSR count). The summed E-state index contributed by atoms with van der Waals surface area (Å²) in [7, 11) is 1.80. The summed E-state index contributed by atoms with van der Waals surface area (Å²) in [4.78, 5) is 27.4. The Bertz CT molecular complexity index is 1310. The Labute approximate surface area is 204 Å². The number of benzene rings is 1. The van der Waals surface area contributed by atoms with Crippen molar-refractivity contribution in [1.29, 1.82) is 0 Å². The molecule has 1 unspecified atom stereocenters. The van der Waals surface area contributed by atoms with Crippen LogP contribution in [0.2, 0.25) is 5.02 Å². The van der Waals surface area contributed by atoms with E-state index in [0.717, 1.165) is 39.8 Å². The van der Waals surface area contributed by atoms with Gasteiger partial charge in [0.1, 0.15) is 17.9 Å². The van der Waals surface area contributed by atoms with E-state index in [2.05, 4.69) is 9.97 Å². The van der Waals surface area contributed by atoms with E-state index in [9.17, 15) is 4.79 Å². The third-order valence-corrected chi connectivity index (χ3v) is 6.30. The summed E-state index contributed by atoms with van der Waals surface area (Å²) in [6, 6.07) is 7.89. The van der Waals surface area contributed by atoms with E-state index in [1.807, 2.05) is 55.8 Å². The number of carbonyl (C=O) groups excluding carboxylic acids is 1. The first-order valence-electron chi connectivity index (χ1n) is 11.3. The summed E-state index contributed by atoms with van der Waals surface area (Å²) in [6.45, 7) is 6.55. The number of rotatable bonds is 8. The maximum absolute atomic E-state index is 12.6. The summed E-state index contributed by atoms with van der Waals surface area (Å²) in [5, 5.41) is 1.46. The van der Waals surface area contributed by atoms with Gasteiger partial charge in [-0.05, 0) is 31.0 Å². The highest BCUT2D eigenvalue weighted by Gasteiger charge is 2.19. The van der Waals surface area contributed by atoms with Crippen molar-refractivity contribution < 1.29 is 9.53 Å². The van der Waals surface area contributed by atoms with Gasteiger partial charge in [-0.3, -0.25) is 9.78 Å². The maximum atomic E-state index is 12.6. The van der Waals surface area contributed by atoms with Gasteiger partial charge >= 0.3 is 0 Å². The van der Waals surface area contributed by atoms with Gasteiger partial charge < -0.3 is 14.2 Å². The first kappa shape index (κ1) is 23.7. The molecule has 34 heavy (non-hydrogen) atoms. The SMILES string of the molecule is CCC(C)C(=O)N(C)Cc1cncc(Cl)c1COc1cccc2c(-n3ccnc3)cc(C)nc12. The van der Waals surface area contributed by atoms with E-state index in [1.165, 1.54) is 0 Å². The molecule has 0 saturated carbocycles. The van der Waals surface area contributed by atoms with Crippen molar-refractivity contribution in [2.45, 2.75) is 40.3 Å². The van der Waals surface area contributed by atoms with Crippen LogP contribution in [0, 0.1) is 12.8 Å². The lowest BCUT2D eigenvalue weighted by molar-refractivity contribution is -0.134. The second-order valence-electron chi connectivity index (χ2n) is 8.46. The Hall–Kier alpha value is -3.45. The molecule has 3 aromatic heterocycles. The number of aromatic nitrogens is 4. The lowest BCUT2D eigenvalue weighted by Gasteiger charge is -2.22. The Morgan fingerprint density at radius 2 is 2.09 bits per heavy atom. The summed E-state index contributed by atoms with van der Waals surface area (Å²) >= 11 is 6.51. The van der Waals surface area contributed by atoms with Gasteiger partial charge in [-0.15, -0.1) is 0 Å². The molecule has 0 saturated heterocycles. The molecule has 0 N–H and O–H groups in total. The molecule has 0 bridgehead atoms. The highest BCUT2D eigenvalue weighted by Crippen LogP contribution is 2.31. The van der Waals surface area contributed by atoms with Crippen molar-refractivity contribution in [3.63, 3.8) is 0 Å². The van der Waals surface area contributed by atoms with E-state index in [4.69, 9.17) is 21.3 Å². The van der Waals surface area contributed by atoms with Crippen LogP contribution in [0.15, 0.2) is 55.4 Å². The third kappa shape index (κ3) is 4.89. The second-order valence-corrected chi connectivity index (χ2v) is 8.86. The number of ether oxygens (including phenoxy) is 1. The van der Waals surface area contributed by atoms with Crippen molar-refractivity contribution >= 4 is 28.4 Å². The molecular formula is C26H28ClN5O2. The number of carbonyl (C=O) groups is 1. The Morgan fingerprint density at radius 3 is 2.82 bits per heavy atom. The fourth-order valence-electron chi connectivity index (χ4n) is 3.89. The number of nitrogens with zero attached hydrogens (tertiary/aromatic N) is 5. The first-order valence-corrected chi connectivity index (χ1v) is 11.6. The van der Waals surface area contributed by atoms with Crippen LogP contribution in [0.4, 0.5) is 0 Å². The smallest absolute Gasteiger partial charge is 0.225 e. The van der Waals surface area contributed by atoms with Gasteiger partial charge in [-0.2, -0.15) is 0 Å². The minimum Gasteiger partial charge on any atom is -0.487 e. The molecule has 0 aliphatic heterocycles. The molecule has 0 aliphatic carbocycles. The van der Waals surface area contributed by atoms with Crippen molar-refractivity contribution in [2.75, 3.05) is 7.05 Å². The van der Waals surface area contributed by atoms with Crippen LogP contribution >= 0.6 is 11.6 Å². The number of halogens is 1. The third-order valence-electron chi connectivity index (χ3n) is 5.98. The molecule has 0 fully saturated rings. The number of para-hydroxylation sites is 1. The first-order chi connectivity index (χ1) is 16.4. The summed E-state index contributed by atoms with van der Waals surface area (Å²) in [5.41, 5.74) is 4.29. The molecular weight excluding hydrogens is 450 g/mol. The Balaban J connectivity index is 1.63. The summed E-state index contributed by atoms with van der Waals surface area (Å²) < 4.78 is 8.22. The second kappa shape index (κ2) is 10.2. The predicted octanol–water partition coefficient (Wildman–Crippen LogP) is 5.36. The van der Waals surface area contributed by atoms with Crippen LogP contribution < -0.4 is 4.74 Å². The lowest BCUT2D eigenvalue weighted by atomic mass is 10.1. The number of fused-ring (bicyclic) bond motifs is 1. The molecule has 176 valence electrons. The quantitative estimate of drug-likeness (QED) is 0.341. The van der Waals surface area contributed by atoms with Crippen LogP contribution in [-0.2, 0) is 17.9 Å². The largest absolute Gasteiger partial charge is 0.487 e. The van der Waals surface area contributed by atoms with E-state index >= 15 is 0 Å². The average Bonchev–Trinajstić information content (AvgIpc) is 3.37. The van der Waals surface area contributed by atoms with E-state index in [0.29, 0.717) is 17.3 Å². The lowest BCUT2D eigenvalue weighted by Crippen LogP contribution is -2.31. The van der Waals surface area contributed by atoms with Crippen LogP contribution in [0.5, 0.6) is 5.75 Å².